The molecule has 0 unspecified atom stereocenters. The molecule has 0 amide bonds. The fourth-order valence-corrected chi connectivity index (χ4v) is 5.38. The van der Waals surface area contributed by atoms with Crippen LogP contribution in [0.5, 0.6) is 5.88 Å². The summed E-state index contributed by atoms with van der Waals surface area (Å²) in [5.74, 6) is -3.38. The van der Waals surface area contributed by atoms with Gasteiger partial charge in [-0.3, -0.25) is 4.79 Å². The van der Waals surface area contributed by atoms with Crippen molar-refractivity contribution in [3.05, 3.63) is 70.3 Å². The number of halogens is 3. The van der Waals surface area contributed by atoms with Gasteiger partial charge >= 0.3 is 0 Å². The van der Waals surface area contributed by atoms with Crippen LogP contribution in [0.25, 0.3) is 11.3 Å². The van der Waals surface area contributed by atoms with E-state index in [1.54, 1.807) is 0 Å². The molecule has 5 rings (SSSR count). The lowest BCUT2D eigenvalue weighted by Gasteiger charge is -2.41. The minimum absolute atomic E-state index is 0.0289. The molecule has 0 saturated carbocycles. The van der Waals surface area contributed by atoms with Crippen molar-refractivity contribution in [3.63, 3.8) is 0 Å². The Hall–Kier alpha value is -3.54. The molecule has 1 fully saturated rings. The lowest BCUT2D eigenvalue weighted by Crippen LogP contribution is -2.56. The van der Waals surface area contributed by atoms with E-state index in [0.29, 0.717) is 37.6 Å². The molecule has 2 aliphatic heterocycles. The van der Waals surface area contributed by atoms with Gasteiger partial charge in [0.25, 0.3) is 0 Å². The van der Waals surface area contributed by atoms with Crippen molar-refractivity contribution in [1.29, 1.82) is 0 Å². The molecule has 2 aromatic heterocycles. The molecule has 2 aliphatic rings. The molecule has 3 atom stereocenters. The maximum Gasteiger partial charge on any atom is 0.218 e. The van der Waals surface area contributed by atoms with Gasteiger partial charge in [0.15, 0.2) is 5.78 Å². The predicted molar refractivity (Wildman–Crippen MR) is 142 cm³/mol. The number of rotatable bonds is 6. The molecule has 0 bridgehead atoms. The van der Waals surface area contributed by atoms with Gasteiger partial charge in [-0.05, 0) is 43.7 Å². The summed E-state index contributed by atoms with van der Waals surface area (Å²) in [5.41, 5.74) is 5.27. The van der Waals surface area contributed by atoms with Crippen molar-refractivity contribution in [2.75, 3.05) is 24.6 Å². The Balaban J connectivity index is 1.50. The van der Waals surface area contributed by atoms with Crippen molar-refractivity contribution >= 4 is 11.5 Å². The van der Waals surface area contributed by atoms with Crippen LogP contribution in [0, 0.1) is 23.4 Å². The van der Waals surface area contributed by atoms with Crippen LogP contribution in [0.15, 0.2) is 30.5 Å². The first kappa shape index (κ1) is 28.0. The molecule has 0 radical (unpaired) electrons. The highest BCUT2D eigenvalue weighted by atomic mass is 19.1. The van der Waals surface area contributed by atoms with Crippen LogP contribution in [-0.2, 0) is 18.4 Å². The topological polar surface area (TPSA) is 122 Å². The van der Waals surface area contributed by atoms with Gasteiger partial charge in [-0.1, -0.05) is 6.92 Å². The zero-order valence-electron chi connectivity index (χ0n) is 22.4. The predicted octanol–water partition coefficient (Wildman–Crippen LogP) is 3.29. The minimum atomic E-state index is -1.52. The fourth-order valence-electron chi connectivity index (χ4n) is 5.38. The van der Waals surface area contributed by atoms with Crippen LogP contribution >= 0.6 is 0 Å². The third kappa shape index (κ3) is 5.16. The Bertz CT molecular complexity index is 1440. The number of hydrogen-bond acceptors (Lipinski definition) is 8. The van der Waals surface area contributed by atoms with Gasteiger partial charge in [0.1, 0.15) is 28.8 Å². The van der Waals surface area contributed by atoms with Gasteiger partial charge in [0.2, 0.25) is 5.88 Å². The largest absolute Gasteiger partial charge is 0.477 e. The third-order valence-electron chi connectivity index (χ3n) is 7.52. The van der Waals surface area contributed by atoms with Gasteiger partial charge in [0, 0.05) is 55.2 Å². The molecule has 40 heavy (non-hydrogen) atoms. The molecule has 8 nitrogen and oxygen atoms in total. The SMILES string of the molecule is C[C@H]1CN(c2c(CC(=O)c3ccc(F)c(-c4c(F)cc(C(C)(C)O)cc4F)n3)cnc3c2CCO3)C[C@@H](N)[C@@H]1O. The maximum atomic E-state index is 15.0. The summed E-state index contributed by atoms with van der Waals surface area (Å²) < 4.78 is 50.4. The van der Waals surface area contributed by atoms with Crippen molar-refractivity contribution in [3.8, 4) is 17.1 Å². The van der Waals surface area contributed by atoms with Crippen molar-refractivity contribution in [1.82, 2.24) is 9.97 Å². The Morgan fingerprint density at radius 2 is 1.88 bits per heavy atom. The number of ketones is 1. The molecule has 11 heteroatoms. The molecule has 3 aromatic rings. The second kappa shape index (κ2) is 10.5. The number of carbonyl (C=O) groups is 1. The van der Waals surface area contributed by atoms with Crippen LogP contribution in [0.3, 0.4) is 0 Å². The van der Waals surface area contributed by atoms with E-state index in [2.05, 4.69) is 9.97 Å². The number of hydrogen-bond donors (Lipinski definition) is 3. The normalized spacial score (nSPS) is 20.8. The molecule has 1 saturated heterocycles. The molecule has 212 valence electrons. The Kier molecular flexibility index (Phi) is 7.32. The average Bonchev–Trinajstić information content (AvgIpc) is 3.35. The van der Waals surface area contributed by atoms with E-state index >= 15 is 0 Å². The molecule has 0 aliphatic carbocycles. The summed E-state index contributed by atoms with van der Waals surface area (Å²) >= 11 is 0. The van der Waals surface area contributed by atoms with Crippen molar-refractivity contribution < 1.29 is 32.9 Å². The first-order chi connectivity index (χ1) is 18.8. The van der Waals surface area contributed by atoms with Gasteiger partial charge in [-0.25, -0.2) is 23.1 Å². The van der Waals surface area contributed by atoms with Crippen molar-refractivity contribution in [2.45, 2.75) is 51.4 Å². The number of anilines is 1. The molecular weight excluding hydrogens is 525 g/mol. The van der Waals surface area contributed by atoms with Crippen LogP contribution < -0.4 is 15.4 Å². The number of aliphatic hydroxyl groups excluding tert-OH is 1. The average molecular weight is 557 g/mol. The van der Waals surface area contributed by atoms with E-state index in [1.165, 1.54) is 26.1 Å². The summed E-state index contributed by atoms with van der Waals surface area (Å²) in [6.07, 6.45) is 1.30. The number of benzene rings is 1. The van der Waals surface area contributed by atoms with E-state index < -0.39 is 52.2 Å². The number of aliphatic hydroxyl groups is 2. The Labute approximate surface area is 229 Å². The number of fused-ring (bicyclic) bond motifs is 1. The van der Waals surface area contributed by atoms with Crippen LogP contribution in [0.2, 0.25) is 0 Å². The van der Waals surface area contributed by atoms with E-state index in [0.717, 1.165) is 29.4 Å². The Morgan fingerprint density at radius 1 is 1.18 bits per heavy atom. The second-order valence-electron chi connectivity index (χ2n) is 11.1. The molecule has 1 aromatic carbocycles. The number of piperidine rings is 1. The third-order valence-corrected chi connectivity index (χ3v) is 7.52. The quantitative estimate of drug-likeness (QED) is 0.396. The summed E-state index contributed by atoms with van der Waals surface area (Å²) in [5, 5.41) is 20.5. The lowest BCUT2D eigenvalue weighted by atomic mass is 9.91. The van der Waals surface area contributed by atoms with Crippen molar-refractivity contribution in [2.24, 2.45) is 11.7 Å². The number of pyridine rings is 2. The van der Waals surface area contributed by atoms with Crippen LogP contribution in [0.1, 0.15) is 48.0 Å². The highest BCUT2D eigenvalue weighted by molar-refractivity contribution is 5.97. The minimum Gasteiger partial charge on any atom is -0.477 e. The monoisotopic (exact) mass is 556 g/mol. The summed E-state index contributed by atoms with van der Waals surface area (Å²) in [6.45, 7) is 5.94. The molecular formula is C29H31F3N4O4. The number of ether oxygens (including phenoxy) is 1. The number of aromatic nitrogens is 2. The first-order valence-corrected chi connectivity index (χ1v) is 13.1. The highest BCUT2D eigenvalue weighted by Crippen LogP contribution is 2.38. The first-order valence-electron chi connectivity index (χ1n) is 13.1. The van der Waals surface area contributed by atoms with Gasteiger partial charge in [-0.15, -0.1) is 0 Å². The zero-order valence-corrected chi connectivity index (χ0v) is 22.4. The van der Waals surface area contributed by atoms with E-state index in [9.17, 15) is 28.2 Å². The number of nitrogens with two attached hydrogens (primary N) is 1. The van der Waals surface area contributed by atoms with Crippen LogP contribution in [0.4, 0.5) is 18.9 Å². The molecule has 0 spiro atoms. The number of carbonyl (C=O) groups excluding carboxylic acids is 1. The van der Waals surface area contributed by atoms with Crippen LogP contribution in [-0.4, -0.2) is 57.8 Å². The van der Waals surface area contributed by atoms with Gasteiger partial charge in [-0.2, -0.15) is 0 Å². The second-order valence-corrected chi connectivity index (χ2v) is 11.1. The Morgan fingerprint density at radius 3 is 2.52 bits per heavy atom. The fraction of sp³-hybridized carbons (Fsp3) is 0.414. The zero-order chi connectivity index (χ0) is 28.9. The van der Waals surface area contributed by atoms with E-state index in [1.807, 2.05) is 11.8 Å². The summed E-state index contributed by atoms with van der Waals surface area (Å²) in [4.78, 5) is 23.8. The summed E-state index contributed by atoms with van der Waals surface area (Å²) in [6, 6.07) is 3.45. The number of Topliss-reactive ketones (excluding diaryl/α,β-unsaturated/α-hetero) is 1. The standard InChI is InChI=1S/C29H31F3N4O4/c1-14-12-36(13-21(33)27(14)38)26-15(11-34-28-17(26)6-7-40-28)8-23(37)22-5-4-18(30)25(35-22)24-19(31)9-16(10-20(24)32)29(2,3)39/h4-5,9-11,14,21,27,38-39H,6-8,12-13,33H2,1-3H3/t14-,21+,27+/m0/s1. The van der Waals surface area contributed by atoms with Gasteiger partial charge < -0.3 is 25.6 Å². The van der Waals surface area contributed by atoms with E-state index in [4.69, 9.17) is 10.5 Å². The number of nitrogens with zero attached hydrogens (tertiary/aromatic N) is 3. The highest BCUT2D eigenvalue weighted by Gasteiger charge is 2.35. The lowest BCUT2D eigenvalue weighted by molar-refractivity contribution is 0.0778. The summed E-state index contributed by atoms with van der Waals surface area (Å²) in [7, 11) is 0. The van der Waals surface area contributed by atoms with E-state index in [-0.39, 0.29) is 23.6 Å². The molecule has 4 N–H and O–H groups in total. The maximum absolute atomic E-state index is 15.0. The smallest absolute Gasteiger partial charge is 0.218 e. The molecule has 4 heterocycles. The van der Waals surface area contributed by atoms with Gasteiger partial charge in [0.05, 0.1) is 29.6 Å².